The van der Waals surface area contributed by atoms with Gasteiger partial charge in [-0.15, -0.1) is 0 Å². The van der Waals surface area contributed by atoms with Crippen molar-refractivity contribution in [3.8, 4) is 0 Å². The zero-order valence-electron chi connectivity index (χ0n) is 14.5. The number of nitro benzene ring substituents is 1. The number of halogens is 1. The van der Waals surface area contributed by atoms with Gasteiger partial charge in [0.15, 0.2) is 9.84 Å². The molecule has 0 aliphatic carbocycles. The number of carbonyl (C=O) groups is 1. The average molecular weight is 409 g/mol. The summed E-state index contributed by atoms with van der Waals surface area (Å²) in [6, 6.07) is 9.84. The van der Waals surface area contributed by atoms with Crippen LogP contribution in [0.3, 0.4) is 0 Å². The van der Waals surface area contributed by atoms with Crippen LogP contribution in [0.2, 0.25) is 5.02 Å². The van der Waals surface area contributed by atoms with E-state index in [9.17, 15) is 23.3 Å². The summed E-state index contributed by atoms with van der Waals surface area (Å²) in [5.74, 6) is -0.531. The fraction of sp³-hybridized carbons (Fsp3) is 0.278. The lowest BCUT2D eigenvalue weighted by Gasteiger charge is -2.30. The van der Waals surface area contributed by atoms with Crippen LogP contribution in [0.5, 0.6) is 0 Å². The number of anilines is 1. The Morgan fingerprint density at radius 2 is 1.89 bits per heavy atom. The number of nitro groups is 1. The van der Waals surface area contributed by atoms with Crippen LogP contribution in [0.4, 0.5) is 11.4 Å². The molecule has 1 heterocycles. The molecule has 1 unspecified atom stereocenters. The van der Waals surface area contributed by atoms with Gasteiger partial charge in [0.2, 0.25) is 0 Å². The van der Waals surface area contributed by atoms with Crippen molar-refractivity contribution in [1.29, 1.82) is 0 Å². The number of nitrogens with zero attached hydrogens (tertiary/aromatic N) is 2. The lowest BCUT2D eigenvalue weighted by atomic mass is 10.1. The minimum absolute atomic E-state index is 0.0152. The molecule has 1 atom stereocenters. The first-order chi connectivity index (χ1) is 12.7. The lowest BCUT2D eigenvalue weighted by Crippen LogP contribution is -2.41. The highest BCUT2D eigenvalue weighted by molar-refractivity contribution is 7.91. The third-order valence-corrected chi connectivity index (χ3v) is 6.78. The Kier molecular flexibility index (Phi) is 5.21. The Labute approximate surface area is 161 Å². The first-order valence-corrected chi connectivity index (χ1v) is 10.4. The normalized spacial score (nSPS) is 18.2. The van der Waals surface area contributed by atoms with Crippen molar-refractivity contribution in [2.45, 2.75) is 19.4 Å². The smallest absolute Gasteiger partial charge is 0.269 e. The minimum Gasteiger partial charge on any atom is -0.304 e. The molecule has 0 saturated carbocycles. The Morgan fingerprint density at radius 1 is 1.22 bits per heavy atom. The first-order valence-electron chi connectivity index (χ1n) is 8.23. The van der Waals surface area contributed by atoms with E-state index in [2.05, 4.69) is 0 Å². The van der Waals surface area contributed by atoms with Crippen molar-refractivity contribution in [1.82, 2.24) is 0 Å². The van der Waals surface area contributed by atoms with E-state index >= 15 is 0 Å². The average Bonchev–Trinajstić information content (AvgIpc) is 2.98. The van der Waals surface area contributed by atoms with Crippen LogP contribution < -0.4 is 4.90 Å². The van der Waals surface area contributed by atoms with E-state index in [0.717, 1.165) is 0 Å². The molecule has 3 rings (SSSR count). The zero-order chi connectivity index (χ0) is 19.8. The molecule has 0 radical (unpaired) electrons. The standard InChI is InChI=1S/C18H17ClN2O5S/c1-12-16(19)3-2-4-17(12)20(15-9-10-27(25,26)11-15)18(22)13-5-7-14(8-6-13)21(23)24/h2-8,15H,9-11H2,1H3. The maximum atomic E-state index is 13.2. The summed E-state index contributed by atoms with van der Waals surface area (Å²) in [6.45, 7) is 1.76. The van der Waals surface area contributed by atoms with Gasteiger partial charge in [0.1, 0.15) is 0 Å². The van der Waals surface area contributed by atoms with Gasteiger partial charge in [-0.1, -0.05) is 17.7 Å². The number of benzene rings is 2. The van der Waals surface area contributed by atoms with Crippen molar-refractivity contribution < 1.29 is 18.1 Å². The van der Waals surface area contributed by atoms with Gasteiger partial charge >= 0.3 is 0 Å². The molecule has 2 aromatic rings. The Hall–Kier alpha value is -2.45. The van der Waals surface area contributed by atoms with Crippen LogP contribution in [-0.4, -0.2) is 36.8 Å². The van der Waals surface area contributed by atoms with Gasteiger partial charge in [0.25, 0.3) is 11.6 Å². The molecule has 142 valence electrons. The fourth-order valence-corrected chi connectivity index (χ4v) is 5.04. The van der Waals surface area contributed by atoms with E-state index in [-0.39, 0.29) is 22.8 Å². The molecule has 0 N–H and O–H groups in total. The third-order valence-electron chi connectivity index (χ3n) is 4.62. The molecule has 1 aliphatic rings. The molecule has 1 saturated heterocycles. The number of amides is 1. The van der Waals surface area contributed by atoms with Crippen molar-refractivity contribution >= 4 is 38.7 Å². The quantitative estimate of drug-likeness (QED) is 0.570. The number of carbonyl (C=O) groups excluding carboxylic acids is 1. The van der Waals surface area contributed by atoms with Crippen LogP contribution in [0, 0.1) is 17.0 Å². The molecule has 0 spiro atoms. The highest BCUT2D eigenvalue weighted by Crippen LogP contribution is 2.32. The maximum Gasteiger partial charge on any atom is 0.269 e. The van der Waals surface area contributed by atoms with E-state index in [1.165, 1.54) is 29.2 Å². The molecule has 1 aliphatic heterocycles. The van der Waals surface area contributed by atoms with Gasteiger partial charge in [-0.05, 0) is 43.2 Å². The molecule has 1 fully saturated rings. The second-order valence-corrected chi connectivity index (χ2v) is 9.06. The summed E-state index contributed by atoms with van der Waals surface area (Å²) in [5.41, 5.74) is 1.32. The van der Waals surface area contributed by atoms with Crippen molar-refractivity contribution in [2.24, 2.45) is 0 Å². The topological polar surface area (TPSA) is 97.6 Å². The molecule has 0 bridgehead atoms. The number of rotatable bonds is 4. The lowest BCUT2D eigenvalue weighted by molar-refractivity contribution is -0.384. The summed E-state index contributed by atoms with van der Waals surface area (Å²) >= 11 is 6.20. The van der Waals surface area contributed by atoms with Gasteiger partial charge < -0.3 is 4.90 Å². The second kappa shape index (κ2) is 7.28. The molecule has 9 heteroatoms. The number of hydrogen-bond donors (Lipinski definition) is 0. The molecular weight excluding hydrogens is 392 g/mol. The predicted molar refractivity (Wildman–Crippen MR) is 103 cm³/mol. The second-order valence-electron chi connectivity index (χ2n) is 6.42. The largest absolute Gasteiger partial charge is 0.304 e. The SMILES string of the molecule is Cc1c(Cl)cccc1N(C(=O)c1ccc([N+](=O)[O-])cc1)C1CCS(=O)(=O)C1. The highest BCUT2D eigenvalue weighted by Gasteiger charge is 2.36. The predicted octanol–water partition coefficient (Wildman–Crippen LogP) is 3.39. The monoisotopic (exact) mass is 408 g/mol. The molecule has 7 nitrogen and oxygen atoms in total. The maximum absolute atomic E-state index is 13.2. The summed E-state index contributed by atoms with van der Waals surface area (Å²) in [5, 5.41) is 11.3. The van der Waals surface area contributed by atoms with Crippen molar-refractivity contribution in [3.05, 3.63) is 68.7 Å². The zero-order valence-corrected chi connectivity index (χ0v) is 16.0. The van der Waals surface area contributed by atoms with Crippen molar-refractivity contribution in [3.63, 3.8) is 0 Å². The Balaban J connectivity index is 2.05. The van der Waals surface area contributed by atoms with E-state index in [0.29, 0.717) is 22.7 Å². The van der Waals surface area contributed by atoms with Crippen LogP contribution >= 0.6 is 11.6 Å². The summed E-state index contributed by atoms with van der Waals surface area (Å²) in [6.07, 6.45) is 0.326. The molecular formula is C18H17ClN2O5S. The van der Waals surface area contributed by atoms with Crippen LogP contribution in [0.25, 0.3) is 0 Å². The number of sulfone groups is 1. The first kappa shape index (κ1) is 19.3. The van der Waals surface area contributed by atoms with Crippen LogP contribution in [0.15, 0.2) is 42.5 Å². The molecule has 1 amide bonds. The summed E-state index contributed by atoms with van der Waals surface area (Å²) in [7, 11) is -3.22. The minimum atomic E-state index is -3.22. The molecule has 0 aromatic heterocycles. The summed E-state index contributed by atoms with van der Waals surface area (Å²) < 4.78 is 23.9. The van der Waals surface area contributed by atoms with E-state index in [1.54, 1.807) is 25.1 Å². The van der Waals surface area contributed by atoms with E-state index in [1.807, 2.05) is 0 Å². The number of hydrogen-bond acceptors (Lipinski definition) is 5. The molecule has 27 heavy (non-hydrogen) atoms. The van der Waals surface area contributed by atoms with Gasteiger partial charge in [0, 0.05) is 28.4 Å². The van der Waals surface area contributed by atoms with Crippen LogP contribution in [0.1, 0.15) is 22.3 Å². The van der Waals surface area contributed by atoms with Gasteiger partial charge in [-0.2, -0.15) is 0 Å². The third kappa shape index (κ3) is 3.96. The summed E-state index contributed by atoms with van der Waals surface area (Å²) in [4.78, 5) is 24.9. The van der Waals surface area contributed by atoms with Gasteiger partial charge in [0.05, 0.1) is 22.5 Å². The highest BCUT2D eigenvalue weighted by atomic mass is 35.5. The fourth-order valence-electron chi connectivity index (χ4n) is 3.17. The van der Waals surface area contributed by atoms with E-state index < -0.39 is 26.7 Å². The molecule has 2 aromatic carbocycles. The van der Waals surface area contributed by atoms with Crippen molar-refractivity contribution in [2.75, 3.05) is 16.4 Å². The Morgan fingerprint density at radius 3 is 2.44 bits per heavy atom. The van der Waals surface area contributed by atoms with Gasteiger partial charge in [-0.3, -0.25) is 14.9 Å². The van der Waals surface area contributed by atoms with Crippen LogP contribution in [-0.2, 0) is 9.84 Å². The van der Waals surface area contributed by atoms with E-state index in [4.69, 9.17) is 11.6 Å². The van der Waals surface area contributed by atoms with Gasteiger partial charge in [-0.25, -0.2) is 8.42 Å². The Bertz CT molecular complexity index is 1000. The number of non-ortho nitro benzene ring substituents is 1.